The molecule has 6 nitrogen and oxygen atoms in total. The van der Waals surface area contributed by atoms with E-state index in [1.807, 2.05) is 24.4 Å². The quantitative estimate of drug-likeness (QED) is 0.504. The summed E-state index contributed by atoms with van der Waals surface area (Å²) in [7, 11) is 0. The molecule has 1 heterocycles. The molecule has 0 aliphatic rings. The number of nitrogens with one attached hydrogen (secondary N) is 2. The molecule has 0 atom stereocenters. The number of ether oxygens (including phenoxy) is 1. The molecule has 2 amide bonds. The number of thiophene rings is 1. The number of carbonyl (C=O) groups is 2. The van der Waals surface area contributed by atoms with E-state index < -0.39 is 11.8 Å². The number of rotatable bonds is 5. The van der Waals surface area contributed by atoms with Crippen LogP contribution in [-0.2, 0) is 9.59 Å². The first-order valence-corrected chi connectivity index (χ1v) is 7.48. The fourth-order valence-corrected chi connectivity index (χ4v) is 2.19. The summed E-state index contributed by atoms with van der Waals surface area (Å²) in [5, 5.41) is 8.11. The summed E-state index contributed by atoms with van der Waals surface area (Å²) < 4.78 is 5.37. The lowest BCUT2D eigenvalue weighted by Crippen LogP contribution is -2.32. The minimum atomic E-state index is -0.848. The molecule has 0 saturated carbocycles. The van der Waals surface area contributed by atoms with Crippen molar-refractivity contribution in [3.8, 4) is 5.75 Å². The topological polar surface area (TPSA) is 79.8 Å². The summed E-state index contributed by atoms with van der Waals surface area (Å²) in [4.78, 5) is 24.4. The van der Waals surface area contributed by atoms with Crippen LogP contribution in [0, 0.1) is 0 Å². The van der Waals surface area contributed by atoms with Gasteiger partial charge in [-0.2, -0.15) is 5.10 Å². The van der Waals surface area contributed by atoms with Crippen LogP contribution in [0.25, 0.3) is 0 Å². The lowest BCUT2D eigenvalue weighted by atomic mass is 10.3. The number of hydrogen-bond donors (Lipinski definition) is 2. The van der Waals surface area contributed by atoms with Crippen molar-refractivity contribution in [2.75, 3.05) is 11.9 Å². The van der Waals surface area contributed by atoms with E-state index in [-0.39, 0.29) is 0 Å². The summed E-state index contributed by atoms with van der Waals surface area (Å²) in [6.45, 7) is 2.30. The van der Waals surface area contributed by atoms with Crippen molar-refractivity contribution in [1.29, 1.82) is 0 Å². The second kappa shape index (κ2) is 7.94. The van der Waals surface area contributed by atoms with Crippen molar-refractivity contribution in [1.82, 2.24) is 5.43 Å². The Balaban J connectivity index is 1.92. The van der Waals surface area contributed by atoms with E-state index in [1.54, 1.807) is 24.3 Å². The Bertz CT molecular complexity index is 668. The molecule has 0 saturated heterocycles. The van der Waals surface area contributed by atoms with Crippen LogP contribution in [0.1, 0.15) is 11.8 Å². The number of anilines is 1. The number of carbonyl (C=O) groups excluding carboxylic acids is 2. The predicted molar refractivity (Wildman–Crippen MR) is 86.3 cm³/mol. The molecule has 0 spiro atoms. The van der Waals surface area contributed by atoms with Crippen molar-refractivity contribution in [2.45, 2.75) is 6.92 Å². The van der Waals surface area contributed by atoms with Crippen LogP contribution in [0.3, 0.4) is 0 Å². The molecule has 1 aromatic carbocycles. The van der Waals surface area contributed by atoms with Gasteiger partial charge in [0.2, 0.25) is 0 Å². The fraction of sp³-hybridized carbons (Fsp3) is 0.133. The van der Waals surface area contributed by atoms with E-state index in [9.17, 15) is 9.59 Å². The Morgan fingerprint density at radius 3 is 2.77 bits per heavy atom. The smallest absolute Gasteiger partial charge is 0.329 e. The molecule has 0 aliphatic heterocycles. The third kappa shape index (κ3) is 4.42. The number of benzene rings is 1. The normalized spacial score (nSPS) is 10.4. The fourth-order valence-electron chi connectivity index (χ4n) is 1.60. The molecule has 2 aromatic rings. The number of hydrazone groups is 1. The molecule has 0 fully saturated rings. The molecule has 7 heteroatoms. The Labute approximate surface area is 131 Å². The zero-order chi connectivity index (χ0) is 15.8. The average molecular weight is 317 g/mol. The third-order valence-corrected chi connectivity index (χ3v) is 3.35. The minimum absolute atomic E-state index is 0.437. The maximum Gasteiger partial charge on any atom is 0.329 e. The van der Waals surface area contributed by atoms with Crippen molar-refractivity contribution in [3.05, 3.63) is 46.7 Å². The first kappa shape index (κ1) is 15.7. The van der Waals surface area contributed by atoms with Gasteiger partial charge in [0.1, 0.15) is 5.75 Å². The van der Waals surface area contributed by atoms with Gasteiger partial charge in [-0.1, -0.05) is 18.2 Å². The summed E-state index contributed by atoms with van der Waals surface area (Å²) in [6, 6.07) is 10.6. The standard InChI is InChI=1S/C15H15N3O3S/c1-2-21-13-8-4-3-7-12(13)17-14(19)15(20)18-16-10-11-6-5-9-22-11/h3-10H,2H2,1H3,(H,17,19)(H,18,20)/b16-10-. The highest BCUT2D eigenvalue weighted by molar-refractivity contribution is 7.11. The summed E-state index contributed by atoms with van der Waals surface area (Å²) in [5.74, 6) is -1.15. The van der Waals surface area contributed by atoms with Crippen molar-refractivity contribution in [3.63, 3.8) is 0 Å². The number of hydrogen-bond acceptors (Lipinski definition) is 5. The second-order valence-electron chi connectivity index (χ2n) is 4.10. The second-order valence-corrected chi connectivity index (χ2v) is 5.08. The van der Waals surface area contributed by atoms with Crippen LogP contribution in [0.2, 0.25) is 0 Å². The Morgan fingerprint density at radius 2 is 2.05 bits per heavy atom. The van der Waals surface area contributed by atoms with E-state index in [1.165, 1.54) is 17.6 Å². The van der Waals surface area contributed by atoms with E-state index in [0.29, 0.717) is 18.0 Å². The number of nitrogens with zero attached hydrogens (tertiary/aromatic N) is 1. The van der Waals surface area contributed by atoms with E-state index in [0.717, 1.165) is 4.88 Å². The maximum absolute atomic E-state index is 11.8. The van der Waals surface area contributed by atoms with E-state index in [2.05, 4.69) is 15.8 Å². The SMILES string of the molecule is CCOc1ccccc1NC(=O)C(=O)N/N=C\c1cccs1. The van der Waals surface area contributed by atoms with Gasteiger partial charge in [-0.15, -0.1) is 11.3 Å². The number of amides is 2. The Kier molecular flexibility index (Phi) is 5.67. The predicted octanol–water partition coefficient (Wildman–Crippen LogP) is 2.24. The molecule has 0 aliphatic carbocycles. The molecule has 1 aromatic heterocycles. The summed E-state index contributed by atoms with van der Waals surface area (Å²) >= 11 is 1.48. The van der Waals surface area contributed by atoms with Crippen molar-refractivity contribution in [2.24, 2.45) is 5.10 Å². The zero-order valence-corrected chi connectivity index (χ0v) is 12.7. The van der Waals surface area contributed by atoms with Crippen LogP contribution in [0.4, 0.5) is 5.69 Å². The van der Waals surface area contributed by atoms with Gasteiger partial charge in [0.25, 0.3) is 0 Å². The van der Waals surface area contributed by atoms with Crippen LogP contribution in [0.5, 0.6) is 5.75 Å². The lowest BCUT2D eigenvalue weighted by molar-refractivity contribution is -0.136. The minimum Gasteiger partial charge on any atom is -0.492 e. The third-order valence-electron chi connectivity index (χ3n) is 2.54. The molecular formula is C15H15N3O3S. The van der Waals surface area contributed by atoms with Gasteiger partial charge in [0.15, 0.2) is 0 Å². The van der Waals surface area contributed by atoms with Gasteiger partial charge >= 0.3 is 11.8 Å². The largest absolute Gasteiger partial charge is 0.492 e. The van der Waals surface area contributed by atoms with E-state index >= 15 is 0 Å². The van der Waals surface area contributed by atoms with Gasteiger partial charge in [0, 0.05) is 4.88 Å². The van der Waals surface area contributed by atoms with Gasteiger partial charge in [0.05, 0.1) is 18.5 Å². The van der Waals surface area contributed by atoms with Gasteiger partial charge in [-0.25, -0.2) is 5.43 Å². The van der Waals surface area contributed by atoms with Crippen molar-refractivity contribution < 1.29 is 14.3 Å². The summed E-state index contributed by atoms with van der Waals surface area (Å²) in [6.07, 6.45) is 1.48. The highest BCUT2D eigenvalue weighted by atomic mass is 32.1. The van der Waals surface area contributed by atoms with Gasteiger partial charge in [-0.05, 0) is 30.5 Å². The average Bonchev–Trinajstić information content (AvgIpc) is 3.02. The van der Waals surface area contributed by atoms with Crippen LogP contribution < -0.4 is 15.5 Å². The molecule has 114 valence electrons. The molecule has 2 N–H and O–H groups in total. The van der Waals surface area contributed by atoms with E-state index in [4.69, 9.17) is 4.74 Å². The zero-order valence-electron chi connectivity index (χ0n) is 11.9. The summed E-state index contributed by atoms with van der Waals surface area (Å²) in [5.41, 5.74) is 2.61. The first-order chi connectivity index (χ1) is 10.7. The van der Waals surface area contributed by atoms with Gasteiger partial charge in [-0.3, -0.25) is 9.59 Å². The van der Waals surface area contributed by atoms with Crippen LogP contribution >= 0.6 is 11.3 Å². The van der Waals surface area contributed by atoms with Gasteiger partial charge < -0.3 is 10.1 Å². The molecular weight excluding hydrogens is 302 g/mol. The van der Waals surface area contributed by atoms with Crippen LogP contribution in [0.15, 0.2) is 46.9 Å². The number of para-hydroxylation sites is 2. The maximum atomic E-state index is 11.8. The molecule has 2 rings (SSSR count). The van der Waals surface area contributed by atoms with Crippen LogP contribution in [-0.4, -0.2) is 24.6 Å². The Morgan fingerprint density at radius 1 is 1.23 bits per heavy atom. The highest BCUT2D eigenvalue weighted by Crippen LogP contribution is 2.23. The molecule has 0 bridgehead atoms. The van der Waals surface area contributed by atoms with Crippen molar-refractivity contribution >= 4 is 35.1 Å². The lowest BCUT2D eigenvalue weighted by Gasteiger charge is -2.10. The molecule has 0 unspecified atom stereocenters. The first-order valence-electron chi connectivity index (χ1n) is 6.60. The monoisotopic (exact) mass is 317 g/mol. The highest BCUT2D eigenvalue weighted by Gasteiger charge is 2.14. The molecule has 0 radical (unpaired) electrons. The Hall–Kier alpha value is -2.67. The molecule has 22 heavy (non-hydrogen) atoms.